The molecule has 0 aromatic carbocycles. The van der Waals surface area contributed by atoms with Crippen LogP contribution in [0.1, 0.15) is 82.8 Å². The van der Waals surface area contributed by atoms with Crippen LogP contribution in [0.4, 0.5) is 0 Å². The second-order valence-corrected chi connectivity index (χ2v) is 7.91. The van der Waals surface area contributed by atoms with Gasteiger partial charge < -0.3 is 5.32 Å². The van der Waals surface area contributed by atoms with Crippen molar-refractivity contribution in [2.75, 3.05) is 6.54 Å². The Labute approximate surface area is 127 Å². The van der Waals surface area contributed by atoms with E-state index in [0.29, 0.717) is 6.04 Å². The summed E-state index contributed by atoms with van der Waals surface area (Å²) < 4.78 is 4.24. The van der Waals surface area contributed by atoms with Gasteiger partial charge in [-0.2, -0.15) is 0 Å². The molecule has 1 N–H and O–H groups in total. The van der Waals surface area contributed by atoms with E-state index < -0.39 is 0 Å². The molecule has 1 aliphatic carbocycles. The summed E-state index contributed by atoms with van der Waals surface area (Å²) in [5, 5.41) is 8.16. The smallest absolute Gasteiger partial charge is 0.0857 e. The van der Waals surface area contributed by atoms with E-state index in [-0.39, 0.29) is 5.41 Å². The first-order valence-electron chi connectivity index (χ1n) is 8.08. The van der Waals surface area contributed by atoms with Gasteiger partial charge in [0.2, 0.25) is 0 Å². The highest BCUT2D eigenvalue weighted by atomic mass is 32.1. The van der Waals surface area contributed by atoms with E-state index in [0.717, 1.165) is 12.5 Å². The first-order valence-corrected chi connectivity index (χ1v) is 8.85. The monoisotopic (exact) mass is 295 g/mol. The van der Waals surface area contributed by atoms with E-state index in [1.54, 1.807) is 11.5 Å². The second kappa shape index (κ2) is 6.99. The third-order valence-electron chi connectivity index (χ3n) is 4.22. The molecule has 0 radical (unpaired) electrons. The van der Waals surface area contributed by atoms with Crippen molar-refractivity contribution in [1.29, 1.82) is 0 Å². The van der Waals surface area contributed by atoms with Gasteiger partial charge in [-0.25, -0.2) is 0 Å². The topological polar surface area (TPSA) is 37.8 Å². The van der Waals surface area contributed by atoms with Crippen molar-refractivity contribution in [3.8, 4) is 0 Å². The Morgan fingerprint density at radius 3 is 2.60 bits per heavy atom. The Morgan fingerprint density at radius 2 is 2.00 bits per heavy atom. The maximum Gasteiger partial charge on any atom is 0.0857 e. The Bertz CT molecular complexity index is 402. The predicted molar refractivity (Wildman–Crippen MR) is 86.2 cm³/mol. The van der Waals surface area contributed by atoms with Gasteiger partial charge in [0.05, 0.1) is 10.6 Å². The van der Waals surface area contributed by atoms with Crippen molar-refractivity contribution in [2.45, 2.75) is 77.7 Å². The minimum Gasteiger partial charge on any atom is -0.309 e. The minimum atomic E-state index is 0.0875. The molecule has 1 saturated carbocycles. The Hall–Kier alpha value is -0.480. The highest BCUT2D eigenvalue weighted by Crippen LogP contribution is 2.37. The second-order valence-electron chi connectivity index (χ2n) is 7.13. The molecule has 2 rings (SSSR count). The molecule has 0 saturated heterocycles. The molecule has 20 heavy (non-hydrogen) atoms. The lowest BCUT2D eigenvalue weighted by atomic mass is 9.88. The molecule has 1 aromatic heterocycles. The molecule has 0 bridgehead atoms. The number of rotatable bonds is 6. The molecule has 0 aliphatic heterocycles. The molecular weight excluding hydrogens is 266 g/mol. The molecule has 1 atom stereocenters. The average molecular weight is 295 g/mol. The van der Waals surface area contributed by atoms with Crippen LogP contribution >= 0.6 is 11.5 Å². The molecule has 0 amide bonds. The third-order valence-corrected chi connectivity index (χ3v) is 5.06. The van der Waals surface area contributed by atoms with Crippen LogP contribution < -0.4 is 5.32 Å². The fraction of sp³-hybridized carbons (Fsp3) is 0.875. The lowest BCUT2D eigenvalue weighted by Crippen LogP contribution is -2.26. The average Bonchev–Trinajstić information content (AvgIpc) is 3.03. The van der Waals surface area contributed by atoms with Gasteiger partial charge in [0.15, 0.2) is 0 Å². The molecule has 1 heterocycles. The van der Waals surface area contributed by atoms with Crippen LogP contribution in [0.5, 0.6) is 0 Å². The van der Waals surface area contributed by atoms with E-state index in [2.05, 4.69) is 42.6 Å². The normalized spacial score (nSPS) is 18.6. The van der Waals surface area contributed by atoms with Crippen molar-refractivity contribution in [3.05, 3.63) is 10.6 Å². The molecule has 1 aromatic rings. The number of aromatic nitrogens is 2. The highest BCUT2D eigenvalue weighted by Gasteiger charge is 2.29. The van der Waals surface area contributed by atoms with Gasteiger partial charge in [-0.3, -0.25) is 0 Å². The van der Waals surface area contributed by atoms with Crippen molar-refractivity contribution < 1.29 is 0 Å². The zero-order valence-corrected chi connectivity index (χ0v) is 14.2. The molecule has 0 spiro atoms. The van der Waals surface area contributed by atoms with Crippen molar-refractivity contribution in [2.24, 2.45) is 5.92 Å². The van der Waals surface area contributed by atoms with E-state index in [9.17, 15) is 0 Å². The zero-order valence-electron chi connectivity index (χ0n) is 13.4. The van der Waals surface area contributed by atoms with Crippen LogP contribution in [0.25, 0.3) is 0 Å². The summed E-state index contributed by atoms with van der Waals surface area (Å²) in [6, 6.07) is 0.451. The van der Waals surface area contributed by atoms with E-state index in [4.69, 9.17) is 0 Å². The van der Waals surface area contributed by atoms with Gasteiger partial charge in [-0.05, 0) is 36.8 Å². The quantitative estimate of drug-likeness (QED) is 0.842. The van der Waals surface area contributed by atoms with Crippen molar-refractivity contribution >= 4 is 11.5 Å². The van der Waals surface area contributed by atoms with Gasteiger partial charge in [0, 0.05) is 11.5 Å². The summed E-state index contributed by atoms with van der Waals surface area (Å²) in [5.74, 6) is 0.888. The Kier molecular flexibility index (Phi) is 5.56. The van der Waals surface area contributed by atoms with Crippen LogP contribution in [-0.4, -0.2) is 16.1 Å². The molecule has 3 nitrogen and oxygen atoms in total. The summed E-state index contributed by atoms with van der Waals surface area (Å²) in [7, 11) is 0. The van der Waals surface area contributed by atoms with Gasteiger partial charge in [0.1, 0.15) is 0 Å². The largest absolute Gasteiger partial charge is 0.309 e. The van der Waals surface area contributed by atoms with Crippen LogP contribution in [-0.2, 0) is 5.41 Å². The summed E-state index contributed by atoms with van der Waals surface area (Å²) in [6.45, 7) is 10.0. The Balaban J connectivity index is 2.14. The van der Waals surface area contributed by atoms with Gasteiger partial charge >= 0.3 is 0 Å². The van der Waals surface area contributed by atoms with Gasteiger partial charge in [0.25, 0.3) is 0 Å². The number of hydrogen-bond acceptors (Lipinski definition) is 4. The SMILES string of the molecule is CCCNC(CC1CCCC1)c1snnc1C(C)(C)C. The lowest BCUT2D eigenvalue weighted by molar-refractivity contribution is 0.393. The molecule has 1 unspecified atom stereocenters. The van der Waals surface area contributed by atoms with E-state index >= 15 is 0 Å². The van der Waals surface area contributed by atoms with Crippen LogP contribution in [0, 0.1) is 5.92 Å². The molecular formula is C16H29N3S. The number of nitrogens with zero attached hydrogens (tertiary/aromatic N) is 2. The van der Waals surface area contributed by atoms with Crippen LogP contribution in [0.3, 0.4) is 0 Å². The highest BCUT2D eigenvalue weighted by molar-refractivity contribution is 7.05. The first-order chi connectivity index (χ1) is 9.52. The summed E-state index contributed by atoms with van der Waals surface area (Å²) in [5.41, 5.74) is 1.28. The zero-order chi connectivity index (χ0) is 14.6. The van der Waals surface area contributed by atoms with Crippen LogP contribution in [0.2, 0.25) is 0 Å². The molecule has 4 heteroatoms. The summed E-state index contributed by atoms with van der Waals surface area (Å²) in [6.07, 6.45) is 8.07. The van der Waals surface area contributed by atoms with Crippen molar-refractivity contribution in [3.63, 3.8) is 0 Å². The van der Waals surface area contributed by atoms with E-state index in [1.807, 2.05) is 0 Å². The summed E-state index contributed by atoms with van der Waals surface area (Å²) >= 11 is 1.59. The minimum absolute atomic E-state index is 0.0875. The number of hydrogen-bond donors (Lipinski definition) is 1. The van der Waals surface area contributed by atoms with Crippen LogP contribution in [0.15, 0.2) is 0 Å². The fourth-order valence-corrected chi connectivity index (χ4v) is 4.08. The maximum atomic E-state index is 4.42. The maximum absolute atomic E-state index is 4.42. The van der Waals surface area contributed by atoms with Crippen molar-refractivity contribution in [1.82, 2.24) is 14.9 Å². The first kappa shape index (κ1) is 15.9. The van der Waals surface area contributed by atoms with Gasteiger partial charge in [-0.15, -0.1) is 5.10 Å². The standard InChI is InChI=1S/C16H29N3S/c1-5-10-17-13(11-12-8-6-7-9-12)14-15(16(2,3)4)18-19-20-14/h12-13,17H,5-11H2,1-4H3. The fourth-order valence-electron chi connectivity index (χ4n) is 3.13. The molecule has 1 aliphatic rings. The third kappa shape index (κ3) is 4.01. The lowest BCUT2D eigenvalue weighted by Gasteiger charge is -2.24. The number of nitrogens with one attached hydrogen (secondary N) is 1. The summed E-state index contributed by atoms with van der Waals surface area (Å²) in [4.78, 5) is 1.37. The predicted octanol–water partition coefficient (Wildman–Crippen LogP) is 4.46. The van der Waals surface area contributed by atoms with Gasteiger partial charge in [-0.1, -0.05) is 57.9 Å². The molecule has 114 valence electrons. The van der Waals surface area contributed by atoms with E-state index in [1.165, 1.54) is 49.1 Å². The molecule has 1 fully saturated rings. The Morgan fingerprint density at radius 1 is 1.30 bits per heavy atom.